The predicted octanol–water partition coefficient (Wildman–Crippen LogP) is 5.16. The molecule has 4 rings (SSSR count). The van der Waals surface area contributed by atoms with Gasteiger partial charge in [0.05, 0.1) is 0 Å². The summed E-state index contributed by atoms with van der Waals surface area (Å²) in [4.78, 5) is 17.3. The van der Waals surface area contributed by atoms with Crippen molar-refractivity contribution >= 4 is 28.9 Å². The summed E-state index contributed by atoms with van der Waals surface area (Å²) in [5.41, 5.74) is 4.17. The minimum Gasteiger partial charge on any atom is -0.369 e. The topological polar surface area (TPSA) is 35.6 Å². The third-order valence-corrected chi connectivity index (χ3v) is 5.72. The first-order chi connectivity index (χ1) is 14.7. The molecule has 0 spiro atoms. The summed E-state index contributed by atoms with van der Waals surface area (Å²) in [5.74, 6) is 0.0515. The lowest BCUT2D eigenvalue weighted by Crippen LogP contribution is -2.47. The Balaban J connectivity index is 1.28. The van der Waals surface area contributed by atoms with Gasteiger partial charge in [0.25, 0.3) is 0 Å². The average molecular weight is 420 g/mol. The van der Waals surface area contributed by atoms with Crippen molar-refractivity contribution in [2.45, 2.75) is 6.42 Å². The van der Waals surface area contributed by atoms with E-state index in [0.29, 0.717) is 6.42 Å². The van der Waals surface area contributed by atoms with Crippen LogP contribution in [0.1, 0.15) is 6.42 Å². The van der Waals surface area contributed by atoms with Gasteiger partial charge in [0.15, 0.2) is 0 Å². The van der Waals surface area contributed by atoms with E-state index in [1.165, 1.54) is 0 Å². The van der Waals surface area contributed by atoms with E-state index in [1.807, 2.05) is 60.7 Å². The second-order valence-corrected chi connectivity index (χ2v) is 7.95. The number of benzene rings is 3. The lowest BCUT2D eigenvalue weighted by atomic mass is 10.0. The van der Waals surface area contributed by atoms with Crippen LogP contribution in [0.5, 0.6) is 0 Å². The van der Waals surface area contributed by atoms with Crippen LogP contribution in [0, 0.1) is 0 Å². The molecule has 3 aromatic rings. The molecule has 5 heteroatoms. The van der Waals surface area contributed by atoms with Gasteiger partial charge in [-0.2, -0.15) is 0 Å². The molecule has 1 aliphatic heterocycles. The molecule has 0 unspecified atom stereocenters. The standard InChI is InChI=1S/C25H26ClN3O/c26-21-9-6-10-22(19-21)29-17-15-28(16-18-29)14-13-25(30)27-24-12-5-4-11-23(24)20-7-2-1-3-8-20/h1-12,19H,13-18H2,(H,27,30). The summed E-state index contributed by atoms with van der Waals surface area (Å²) in [6.07, 6.45) is 0.486. The van der Waals surface area contributed by atoms with E-state index in [2.05, 4.69) is 33.3 Å². The molecule has 1 saturated heterocycles. The SMILES string of the molecule is O=C(CCN1CCN(c2cccc(Cl)c2)CC1)Nc1ccccc1-c1ccccc1. The van der Waals surface area contributed by atoms with Gasteiger partial charge in [-0.1, -0.05) is 66.2 Å². The van der Waals surface area contributed by atoms with E-state index in [1.54, 1.807) is 0 Å². The van der Waals surface area contributed by atoms with Gasteiger partial charge in [-0.25, -0.2) is 0 Å². The fourth-order valence-corrected chi connectivity index (χ4v) is 4.02. The Morgan fingerprint density at radius 3 is 2.37 bits per heavy atom. The molecule has 1 fully saturated rings. The lowest BCUT2D eigenvalue weighted by molar-refractivity contribution is -0.116. The van der Waals surface area contributed by atoms with Gasteiger partial charge in [-0.3, -0.25) is 9.69 Å². The largest absolute Gasteiger partial charge is 0.369 e. The maximum absolute atomic E-state index is 12.6. The van der Waals surface area contributed by atoms with Gasteiger partial charge in [-0.05, 0) is 29.8 Å². The molecule has 0 bridgehead atoms. The number of hydrogen-bond acceptors (Lipinski definition) is 3. The Bertz CT molecular complexity index is 984. The smallest absolute Gasteiger partial charge is 0.225 e. The van der Waals surface area contributed by atoms with Gasteiger partial charge in [0, 0.05) is 61.1 Å². The molecule has 0 saturated carbocycles. The number of carbonyl (C=O) groups excluding carboxylic acids is 1. The van der Waals surface area contributed by atoms with Gasteiger partial charge < -0.3 is 10.2 Å². The van der Waals surface area contributed by atoms with E-state index in [-0.39, 0.29) is 5.91 Å². The summed E-state index contributed by atoms with van der Waals surface area (Å²) in [5, 5.41) is 3.86. The summed E-state index contributed by atoms with van der Waals surface area (Å²) in [6.45, 7) is 4.54. The van der Waals surface area contributed by atoms with E-state index in [9.17, 15) is 4.79 Å². The van der Waals surface area contributed by atoms with Crippen LogP contribution >= 0.6 is 11.6 Å². The second-order valence-electron chi connectivity index (χ2n) is 7.52. The highest BCUT2D eigenvalue weighted by molar-refractivity contribution is 6.30. The van der Waals surface area contributed by atoms with Crippen molar-refractivity contribution in [2.24, 2.45) is 0 Å². The number of para-hydroxylation sites is 1. The van der Waals surface area contributed by atoms with Gasteiger partial charge >= 0.3 is 0 Å². The zero-order valence-electron chi connectivity index (χ0n) is 16.9. The molecular formula is C25H26ClN3O. The number of carbonyl (C=O) groups is 1. The van der Waals surface area contributed by atoms with Crippen LogP contribution in [0.4, 0.5) is 11.4 Å². The molecule has 1 heterocycles. The minimum atomic E-state index is 0.0515. The van der Waals surface area contributed by atoms with Crippen molar-refractivity contribution in [3.63, 3.8) is 0 Å². The Hall–Kier alpha value is -2.82. The Morgan fingerprint density at radius 1 is 0.867 bits per heavy atom. The zero-order valence-corrected chi connectivity index (χ0v) is 17.7. The van der Waals surface area contributed by atoms with Crippen LogP contribution in [0.2, 0.25) is 5.02 Å². The van der Waals surface area contributed by atoms with Crippen LogP contribution in [0.3, 0.4) is 0 Å². The third-order valence-electron chi connectivity index (χ3n) is 5.49. The number of halogens is 1. The first-order valence-corrected chi connectivity index (χ1v) is 10.7. The minimum absolute atomic E-state index is 0.0515. The van der Waals surface area contributed by atoms with Crippen molar-refractivity contribution in [1.82, 2.24) is 4.90 Å². The quantitative estimate of drug-likeness (QED) is 0.599. The number of nitrogens with zero attached hydrogens (tertiary/aromatic N) is 2. The van der Waals surface area contributed by atoms with Crippen molar-refractivity contribution in [2.75, 3.05) is 42.9 Å². The van der Waals surface area contributed by atoms with Crippen LogP contribution < -0.4 is 10.2 Å². The van der Waals surface area contributed by atoms with Crippen LogP contribution in [0.15, 0.2) is 78.9 Å². The van der Waals surface area contributed by atoms with Gasteiger partial charge in [0.1, 0.15) is 0 Å². The normalized spacial score (nSPS) is 14.5. The fraction of sp³-hybridized carbons (Fsp3) is 0.240. The molecule has 1 N–H and O–H groups in total. The van der Waals surface area contributed by atoms with Crippen molar-refractivity contribution in [3.8, 4) is 11.1 Å². The van der Waals surface area contributed by atoms with Crippen molar-refractivity contribution in [1.29, 1.82) is 0 Å². The molecule has 4 nitrogen and oxygen atoms in total. The van der Waals surface area contributed by atoms with E-state index in [0.717, 1.165) is 60.2 Å². The Morgan fingerprint density at radius 2 is 1.60 bits per heavy atom. The number of hydrogen-bond donors (Lipinski definition) is 1. The molecule has 0 atom stereocenters. The maximum Gasteiger partial charge on any atom is 0.225 e. The summed E-state index contributed by atoms with van der Waals surface area (Å²) < 4.78 is 0. The maximum atomic E-state index is 12.6. The van der Waals surface area contributed by atoms with Crippen LogP contribution in [0.25, 0.3) is 11.1 Å². The summed E-state index contributed by atoms with van der Waals surface area (Å²) in [7, 11) is 0. The first kappa shape index (κ1) is 20.5. The number of nitrogens with one attached hydrogen (secondary N) is 1. The third kappa shape index (κ3) is 5.21. The van der Waals surface area contributed by atoms with Crippen molar-refractivity contribution < 1.29 is 4.79 Å². The van der Waals surface area contributed by atoms with E-state index >= 15 is 0 Å². The second kappa shape index (κ2) is 9.79. The molecule has 1 amide bonds. The van der Waals surface area contributed by atoms with Gasteiger partial charge in [0.2, 0.25) is 5.91 Å². The molecule has 3 aromatic carbocycles. The fourth-order valence-electron chi connectivity index (χ4n) is 3.84. The average Bonchev–Trinajstić information content (AvgIpc) is 2.79. The highest BCUT2D eigenvalue weighted by Gasteiger charge is 2.18. The van der Waals surface area contributed by atoms with Crippen LogP contribution in [-0.4, -0.2) is 43.5 Å². The molecule has 0 aromatic heterocycles. The zero-order chi connectivity index (χ0) is 20.8. The Kier molecular flexibility index (Phi) is 6.67. The molecule has 1 aliphatic rings. The molecule has 154 valence electrons. The summed E-state index contributed by atoms with van der Waals surface area (Å²) >= 11 is 6.11. The Labute approximate surface area is 183 Å². The van der Waals surface area contributed by atoms with Gasteiger partial charge in [-0.15, -0.1) is 0 Å². The molecule has 0 radical (unpaired) electrons. The monoisotopic (exact) mass is 419 g/mol. The number of anilines is 2. The highest BCUT2D eigenvalue weighted by atomic mass is 35.5. The molecule has 0 aliphatic carbocycles. The van der Waals surface area contributed by atoms with Crippen molar-refractivity contribution in [3.05, 3.63) is 83.9 Å². The number of amides is 1. The van der Waals surface area contributed by atoms with Crippen LogP contribution in [-0.2, 0) is 4.79 Å². The number of piperazine rings is 1. The highest BCUT2D eigenvalue weighted by Crippen LogP contribution is 2.27. The predicted molar refractivity (Wildman–Crippen MR) is 125 cm³/mol. The first-order valence-electron chi connectivity index (χ1n) is 10.4. The molecular weight excluding hydrogens is 394 g/mol. The lowest BCUT2D eigenvalue weighted by Gasteiger charge is -2.36. The summed E-state index contributed by atoms with van der Waals surface area (Å²) in [6, 6.07) is 26.1. The number of rotatable bonds is 6. The molecule has 30 heavy (non-hydrogen) atoms. The van der Waals surface area contributed by atoms with E-state index < -0.39 is 0 Å². The van der Waals surface area contributed by atoms with E-state index in [4.69, 9.17) is 11.6 Å².